The van der Waals surface area contributed by atoms with Crippen molar-refractivity contribution >= 4 is 6.09 Å². The Bertz CT molecular complexity index is 1200. The summed E-state index contributed by atoms with van der Waals surface area (Å²) in [6.07, 6.45) is -1.96. The summed E-state index contributed by atoms with van der Waals surface area (Å²) in [7, 11) is 4.73. The summed E-state index contributed by atoms with van der Waals surface area (Å²) in [6, 6.07) is 22.4. The van der Waals surface area contributed by atoms with Gasteiger partial charge in [0.2, 0.25) is 0 Å². The molecule has 1 aliphatic carbocycles. The Morgan fingerprint density at radius 2 is 1.49 bits per heavy atom. The number of fused-ring (bicyclic) bond motifs is 5. The molecule has 8 nitrogen and oxygen atoms in total. The van der Waals surface area contributed by atoms with Crippen LogP contribution in [0.1, 0.15) is 17.0 Å². The molecule has 0 spiro atoms. The molecular formula is C27H27NO7. The summed E-state index contributed by atoms with van der Waals surface area (Å²) in [5, 5.41) is 14.7. The second-order valence-corrected chi connectivity index (χ2v) is 8.52. The smallest absolute Gasteiger partial charge is 0.407 e. The molecule has 182 valence electrons. The standard InChI is InChI=1S/C20H19NO6.C7H8O/c1-24-11-8-12(25-2)15-13(9-11)26-17-14(10-6-4-3-5-7-10)16-18(20(15,17)23)27-19(22)21-16;1-8-7-5-3-2-4-6-7/h3-9,14,16-18,23H,1-2H3,(H,21,22);2-6H,1H3/t14-,16?,17?,18?,20-;/m1./s1. The van der Waals surface area contributed by atoms with Gasteiger partial charge in [-0.15, -0.1) is 0 Å². The number of benzene rings is 3. The predicted octanol–water partition coefficient (Wildman–Crippen LogP) is 3.62. The lowest BCUT2D eigenvalue weighted by Gasteiger charge is -2.28. The molecular weight excluding hydrogens is 450 g/mol. The van der Waals surface area contributed by atoms with Crippen LogP contribution in [0.15, 0.2) is 72.8 Å². The molecule has 3 aromatic rings. The average molecular weight is 478 g/mol. The topological polar surface area (TPSA) is 95.5 Å². The molecule has 8 heteroatoms. The summed E-state index contributed by atoms with van der Waals surface area (Å²) in [5.41, 5.74) is -0.0872. The number of carbonyl (C=O) groups is 1. The number of ether oxygens (including phenoxy) is 5. The molecule has 1 amide bonds. The minimum Gasteiger partial charge on any atom is -0.497 e. The van der Waals surface area contributed by atoms with E-state index >= 15 is 0 Å². The van der Waals surface area contributed by atoms with Gasteiger partial charge in [-0.2, -0.15) is 0 Å². The van der Waals surface area contributed by atoms with E-state index in [0.29, 0.717) is 22.8 Å². The summed E-state index contributed by atoms with van der Waals surface area (Å²) in [5.74, 6) is 2.09. The van der Waals surface area contributed by atoms with Gasteiger partial charge in [-0.05, 0) is 17.7 Å². The quantitative estimate of drug-likeness (QED) is 0.593. The zero-order valence-corrected chi connectivity index (χ0v) is 19.6. The molecule has 35 heavy (non-hydrogen) atoms. The van der Waals surface area contributed by atoms with Crippen LogP contribution in [0.5, 0.6) is 23.0 Å². The van der Waals surface area contributed by atoms with Crippen molar-refractivity contribution in [1.82, 2.24) is 5.32 Å². The Morgan fingerprint density at radius 1 is 0.829 bits per heavy atom. The van der Waals surface area contributed by atoms with E-state index in [1.807, 2.05) is 60.7 Å². The molecule has 5 atom stereocenters. The lowest BCUT2D eigenvalue weighted by Crippen LogP contribution is -2.44. The number of nitrogens with one attached hydrogen (secondary N) is 1. The number of amides is 1. The number of methoxy groups -OCH3 is 3. The van der Waals surface area contributed by atoms with Crippen LogP contribution in [0.3, 0.4) is 0 Å². The number of rotatable bonds is 4. The molecule has 6 rings (SSSR count). The molecule has 3 aromatic carbocycles. The van der Waals surface area contributed by atoms with Gasteiger partial charge in [0.25, 0.3) is 0 Å². The Hall–Kier alpha value is -3.91. The maximum Gasteiger partial charge on any atom is 0.407 e. The highest BCUT2D eigenvalue weighted by molar-refractivity contribution is 5.73. The van der Waals surface area contributed by atoms with Crippen molar-refractivity contribution in [1.29, 1.82) is 0 Å². The maximum absolute atomic E-state index is 12.0. The van der Waals surface area contributed by atoms with Gasteiger partial charge >= 0.3 is 6.09 Å². The highest BCUT2D eigenvalue weighted by Crippen LogP contribution is 2.60. The van der Waals surface area contributed by atoms with Gasteiger partial charge in [-0.1, -0.05) is 48.5 Å². The fourth-order valence-corrected chi connectivity index (χ4v) is 5.23. The molecule has 2 heterocycles. The molecule has 0 bridgehead atoms. The minimum absolute atomic E-state index is 0.282. The van der Waals surface area contributed by atoms with E-state index in [-0.39, 0.29) is 5.92 Å². The number of hydrogen-bond acceptors (Lipinski definition) is 7. The van der Waals surface area contributed by atoms with Crippen molar-refractivity contribution in [2.75, 3.05) is 21.3 Å². The second kappa shape index (κ2) is 9.03. The van der Waals surface area contributed by atoms with E-state index in [4.69, 9.17) is 23.7 Å². The largest absolute Gasteiger partial charge is 0.497 e. The predicted molar refractivity (Wildman–Crippen MR) is 127 cm³/mol. The Kier molecular flexibility index (Phi) is 5.90. The lowest BCUT2D eigenvalue weighted by molar-refractivity contribution is -0.0881. The van der Waals surface area contributed by atoms with Crippen LogP contribution in [0.4, 0.5) is 4.79 Å². The van der Waals surface area contributed by atoms with Crippen molar-refractivity contribution < 1.29 is 33.6 Å². The molecule has 1 saturated carbocycles. The van der Waals surface area contributed by atoms with E-state index in [9.17, 15) is 9.90 Å². The van der Waals surface area contributed by atoms with Crippen LogP contribution in [0.25, 0.3) is 0 Å². The first-order valence-corrected chi connectivity index (χ1v) is 11.3. The Labute approximate surface area is 203 Å². The summed E-state index contributed by atoms with van der Waals surface area (Å²) in [6.45, 7) is 0. The number of hydrogen-bond donors (Lipinski definition) is 2. The van der Waals surface area contributed by atoms with Crippen molar-refractivity contribution in [2.45, 2.75) is 29.8 Å². The number of alkyl carbamates (subject to hydrolysis) is 1. The molecule has 2 aliphatic heterocycles. The molecule has 1 saturated heterocycles. The molecule has 0 radical (unpaired) electrons. The van der Waals surface area contributed by atoms with Crippen LogP contribution >= 0.6 is 0 Å². The zero-order valence-electron chi connectivity index (χ0n) is 19.6. The van der Waals surface area contributed by atoms with E-state index in [1.54, 1.807) is 26.4 Å². The van der Waals surface area contributed by atoms with Gasteiger partial charge in [0.05, 0.1) is 32.9 Å². The number of para-hydroxylation sites is 1. The van der Waals surface area contributed by atoms with Crippen LogP contribution in [0, 0.1) is 0 Å². The van der Waals surface area contributed by atoms with Crippen LogP contribution in [-0.2, 0) is 10.3 Å². The van der Waals surface area contributed by atoms with E-state index in [0.717, 1.165) is 11.3 Å². The first-order valence-electron chi connectivity index (χ1n) is 11.3. The summed E-state index contributed by atoms with van der Waals surface area (Å²) in [4.78, 5) is 12.0. The van der Waals surface area contributed by atoms with Crippen molar-refractivity contribution in [3.8, 4) is 23.0 Å². The Balaban J connectivity index is 0.000000271. The average Bonchev–Trinajstić information content (AvgIpc) is 3.49. The summed E-state index contributed by atoms with van der Waals surface area (Å²) < 4.78 is 27.5. The van der Waals surface area contributed by atoms with Gasteiger partial charge in [-0.3, -0.25) is 0 Å². The first-order chi connectivity index (χ1) is 17.0. The fraction of sp³-hybridized carbons (Fsp3) is 0.296. The number of carbonyl (C=O) groups excluding carboxylic acids is 1. The highest BCUT2D eigenvalue weighted by Gasteiger charge is 2.71. The van der Waals surface area contributed by atoms with E-state index < -0.39 is 29.9 Å². The van der Waals surface area contributed by atoms with E-state index in [1.165, 1.54) is 7.11 Å². The lowest BCUT2D eigenvalue weighted by atomic mass is 9.86. The molecule has 0 aromatic heterocycles. The zero-order chi connectivity index (χ0) is 24.6. The van der Waals surface area contributed by atoms with Crippen molar-refractivity contribution in [3.63, 3.8) is 0 Å². The van der Waals surface area contributed by atoms with Crippen LogP contribution < -0.4 is 24.3 Å². The second-order valence-electron chi connectivity index (χ2n) is 8.52. The van der Waals surface area contributed by atoms with Gasteiger partial charge in [0.15, 0.2) is 11.7 Å². The van der Waals surface area contributed by atoms with Gasteiger partial charge < -0.3 is 34.1 Å². The Morgan fingerprint density at radius 3 is 2.09 bits per heavy atom. The third kappa shape index (κ3) is 3.70. The van der Waals surface area contributed by atoms with E-state index in [2.05, 4.69) is 5.32 Å². The van der Waals surface area contributed by atoms with Gasteiger partial charge in [-0.25, -0.2) is 4.79 Å². The normalized spacial score (nSPS) is 27.1. The third-order valence-corrected chi connectivity index (χ3v) is 6.74. The number of aliphatic hydroxyl groups is 1. The molecule has 3 unspecified atom stereocenters. The van der Waals surface area contributed by atoms with Crippen LogP contribution in [0.2, 0.25) is 0 Å². The molecule has 3 aliphatic rings. The van der Waals surface area contributed by atoms with Gasteiger partial charge in [0.1, 0.15) is 29.1 Å². The monoisotopic (exact) mass is 477 g/mol. The van der Waals surface area contributed by atoms with Crippen molar-refractivity contribution in [2.24, 2.45) is 0 Å². The van der Waals surface area contributed by atoms with Gasteiger partial charge in [0, 0.05) is 18.1 Å². The first kappa shape index (κ1) is 22.9. The van der Waals surface area contributed by atoms with Crippen molar-refractivity contribution in [3.05, 3.63) is 83.9 Å². The fourth-order valence-electron chi connectivity index (χ4n) is 5.23. The summed E-state index contributed by atoms with van der Waals surface area (Å²) >= 11 is 0. The minimum atomic E-state index is -1.53. The molecule has 2 N–H and O–H groups in total. The maximum atomic E-state index is 12.0. The van der Waals surface area contributed by atoms with Crippen LogP contribution in [-0.4, -0.2) is 50.8 Å². The SMILES string of the molecule is COc1cc(OC)c2c(c1)OC1[C@H](c3ccccc3)C3NC(=O)OC3[C@@]21O.COc1ccccc1. The highest BCUT2D eigenvalue weighted by atomic mass is 16.6. The molecule has 2 fully saturated rings. The third-order valence-electron chi connectivity index (χ3n) is 6.74.